The number of hydrogen-bond acceptors (Lipinski definition) is 7. The van der Waals surface area contributed by atoms with E-state index in [2.05, 4.69) is 30.2 Å². The number of carbonyl (C=O) groups is 2. The molecule has 0 aliphatic carbocycles. The molecule has 0 amide bonds. The van der Waals surface area contributed by atoms with Crippen molar-refractivity contribution < 1.29 is 19.1 Å². The van der Waals surface area contributed by atoms with Gasteiger partial charge in [0.1, 0.15) is 0 Å². The van der Waals surface area contributed by atoms with Crippen LogP contribution in [0, 0.1) is 0 Å². The number of hydrogen-bond donors (Lipinski definition) is 2. The third-order valence-electron chi connectivity index (χ3n) is 1.96. The summed E-state index contributed by atoms with van der Waals surface area (Å²) in [7, 11) is 0. The van der Waals surface area contributed by atoms with Crippen molar-refractivity contribution in [2.24, 2.45) is 0 Å². The molecular weight excluding hydrogens is 274 g/mol. The van der Waals surface area contributed by atoms with E-state index in [4.69, 9.17) is 9.47 Å². The van der Waals surface area contributed by atoms with Crippen molar-refractivity contribution in [1.82, 2.24) is 4.98 Å². The monoisotopic (exact) mass is 287 g/mol. The van der Waals surface area contributed by atoms with Crippen LogP contribution in [-0.2, 0) is 19.1 Å². The highest BCUT2D eigenvalue weighted by Gasteiger charge is 2.33. The van der Waals surface area contributed by atoms with Gasteiger partial charge in [0.05, 0.1) is 12.3 Å². The minimum atomic E-state index is -1.21. The Kier molecular flexibility index (Phi) is 6.00. The lowest BCUT2D eigenvalue weighted by Gasteiger charge is -2.15. The largest absolute Gasteiger partial charge is 0.465 e. The SMILES string of the molecule is CCOC(=O)C(C(=O)OC(S)S)c1ccccn1. The predicted octanol–water partition coefficient (Wildman–Crippen LogP) is 1.41. The van der Waals surface area contributed by atoms with Gasteiger partial charge < -0.3 is 9.47 Å². The number of esters is 2. The molecule has 5 nitrogen and oxygen atoms in total. The molecule has 18 heavy (non-hydrogen) atoms. The first-order valence-electron chi connectivity index (χ1n) is 5.20. The molecule has 0 saturated heterocycles. The van der Waals surface area contributed by atoms with E-state index in [1.54, 1.807) is 25.1 Å². The molecule has 0 aliphatic rings. The third kappa shape index (κ3) is 4.23. The minimum Gasteiger partial charge on any atom is -0.465 e. The molecule has 1 unspecified atom stereocenters. The highest BCUT2D eigenvalue weighted by molar-refractivity contribution is 7.98. The Balaban J connectivity index is 2.95. The van der Waals surface area contributed by atoms with Gasteiger partial charge in [0.2, 0.25) is 0 Å². The van der Waals surface area contributed by atoms with Crippen LogP contribution < -0.4 is 0 Å². The maximum atomic E-state index is 11.8. The van der Waals surface area contributed by atoms with Crippen molar-refractivity contribution in [2.75, 3.05) is 6.61 Å². The van der Waals surface area contributed by atoms with Gasteiger partial charge in [-0.05, 0) is 19.1 Å². The van der Waals surface area contributed by atoms with E-state index in [0.29, 0.717) is 0 Å². The Labute approximate surface area is 116 Å². The Bertz CT molecular complexity index is 411. The van der Waals surface area contributed by atoms with Gasteiger partial charge in [0.25, 0.3) is 0 Å². The lowest BCUT2D eigenvalue weighted by atomic mass is 10.1. The van der Waals surface area contributed by atoms with Crippen LogP contribution in [-0.4, -0.2) is 28.3 Å². The summed E-state index contributed by atoms with van der Waals surface area (Å²) < 4.78 is 8.71. The number of nitrogens with zero attached hydrogens (tertiary/aromatic N) is 1. The number of ether oxygens (including phenoxy) is 2. The zero-order valence-electron chi connectivity index (χ0n) is 9.65. The van der Waals surface area contributed by atoms with Gasteiger partial charge in [-0.1, -0.05) is 6.07 Å². The molecule has 98 valence electrons. The summed E-state index contributed by atoms with van der Waals surface area (Å²) in [6.45, 7) is 1.82. The van der Waals surface area contributed by atoms with E-state index < -0.39 is 22.6 Å². The molecule has 0 aromatic carbocycles. The molecular formula is C11H13NO4S2. The standard InChI is InChI=1S/C11H13NO4S2/c1-2-15-9(13)8(10(14)16-11(17)18)7-5-3-4-6-12-7/h3-6,8,11,17-18H,2H2,1H3. The molecule has 7 heteroatoms. The average Bonchev–Trinajstić information content (AvgIpc) is 2.30. The van der Waals surface area contributed by atoms with Gasteiger partial charge in [-0.3, -0.25) is 14.6 Å². The second-order valence-corrected chi connectivity index (χ2v) is 4.55. The molecule has 1 aromatic rings. The first-order chi connectivity index (χ1) is 8.56. The summed E-state index contributed by atoms with van der Waals surface area (Å²) in [5, 5.41) is 0. The first-order valence-corrected chi connectivity index (χ1v) is 6.23. The Morgan fingerprint density at radius 3 is 2.56 bits per heavy atom. The van der Waals surface area contributed by atoms with Crippen molar-refractivity contribution in [2.45, 2.75) is 17.6 Å². The highest BCUT2D eigenvalue weighted by atomic mass is 32.2. The van der Waals surface area contributed by atoms with Crippen LogP contribution in [0.5, 0.6) is 0 Å². The molecule has 0 aliphatic heterocycles. The van der Waals surface area contributed by atoms with Crippen molar-refractivity contribution in [1.29, 1.82) is 0 Å². The Morgan fingerprint density at radius 2 is 2.06 bits per heavy atom. The number of thiol groups is 2. The van der Waals surface area contributed by atoms with Gasteiger partial charge >= 0.3 is 11.9 Å². The van der Waals surface area contributed by atoms with Gasteiger partial charge in [-0.25, -0.2) is 0 Å². The maximum Gasteiger partial charge on any atom is 0.328 e. The number of rotatable bonds is 5. The second kappa shape index (κ2) is 7.27. The van der Waals surface area contributed by atoms with Crippen LogP contribution in [0.25, 0.3) is 0 Å². The normalized spacial score (nSPS) is 12.0. The Morgan fingerprint density at radius 1 is 1.33 bits per heavy atom. The number of pyridine rings is 1. The topological polar surface area (TPSA) is 65.5 Å². The maximum absolute atomic E-state index is 11.8. The van der Waals surface area contributed by atoms with Gasteiger partial charge in [-0.2, -0.15) is 0 Å². The van der Waals surface area contributed by atoms with Crippen LogP contribution in [0.15, 0.2) is 24.4 Å². The summed E-state index contributed by atoms with van der Waals surface area (Å²) >= 11 is 7.63. The van der Waals surface area contributed by atoms with E-state index in [1.165, 1.54) is 6.20 Å². The van der Waals surface area contributed by atoms with Crippen LogP contribution in [0.2, 0.25) is 0 Å². The molecule has 0 saturated carbocycles. The smallest absolute Gasteiger partial charge is 0.328 e. The van der Waals surface area contributed by atoms with Gasteiger partial charge in [0, 0.05) is 6.20 Å². The molecule has 0 fully saturated rings. The Hall–Kier alpha value is -1.21. The summed E-state index contributed by atoms with van der Waals surface area (Å²) in [6, 6.07) is 4.90. The van der Waals surface area contributed by atoms with Crippen LogP contribution in [0.3, 0.4) is 0 Å². The van der Waals surface area contributed by atoms with E-state index in [0.717, 1.165) is 0 Å². The van der Waals surface area contributed by atoms with Crippen LogP contribution >= 0.6 is 25.3 Å². The van der Waals surface area contributed by atoms with Crippen LogP contribution in [0.4, 0.5) is 0 Å². The third-order valence-corrected chi connectivity index (χ3v) is 2.17. The minimum absolute atomic E-state index is 0.167. The molecule has 1 atom stereocenters. The van der Waals surface area contributed by atoms with E-state index >= 15 is 0 Å². The lowest BCUT2D eigenvalue weighted by molar-refractivity contribution is -0.156. The number of carbonyl (C=O) groups excluding carboxylic acids is 2. The summed E-state index contributed by atoms with van der Waals surface area (Å²) in [6.07, 6.45) is 1.48. The molecule has 0 radical (unpaired) electrons. The fourth-order valence-corrected chi connectivity index (χ4v) is 1.49. The average molecular weight is 287 g/mol. The van der Waals surface area contributed by atoms with Crippen molar-refractivity contribution in [3.8, 4) is 0 Å². The zero-order chi connectivity index (χ0) is 13.5. The van der Waals surface area contributed by atoms with E-state index in [9.17, 15) is 9.59 Å². The fourth-order valence-electron chi connectivity index (χ4n) is 1.28. The highest BCUT2D eigenvalue weighted by Crippen LogP contribution is 2.19. The molecule has 1 heterocycles. The molecule has 0 N–H and O–H groups in total. The summed E-state index contributed by atoms with van der Waals surface area (Å²) in [4.78, 5) is 27.5. The first kappa shape index (κ1) is 14.8. The van der Waals surface area contributed by atoms with Gasteiger partial charge in [0.15, 0.2) is 10.7 Å². The summed E-state index contributed by atoms with van der Waals surface area (Å²) in [5.74, 6) is -2.71. The fraction of sp³-hybridized carbons (Fsp3) is 0.364. The van der Waals surface area contributed by atoms with Crippen molar-refractivity contribution in [3.05, 3.63) is 30.1 Å². The van der Waals surface area contributed by atoms with Crippen molar-refractivity contribution in [3.63, 3.8) is 0 Å². The predicted molar refractivity (Wildman–Crippen MR) is 71.5 cm³/mol. The number of aromatic nitrogens is 1. The molecule has 0 bridgehead atoms. The van der Waals surface area contributed by atoms with E-state index in [1.807, 2.05) is 0 Å². The van der Waals surface area contributed by atoms with Gasteiger partial charge in [-0.15, -0.1) is 25.3 Å². The van der Waals surface area contributed by atoms with Crippen LogP contribution in [0.1, 0.15) is 18.5 Å². The summed E-state index contributed by atoms with van der Waals surface area (Å²) in [5.41, 5.74) is 0.267. The second-order valence-electron chi connectivity index (χ2n) is 3.20. The molecule has 0 spiro atoms. The quantitative estimate of drug-likeness (QED) is 0.371. The lowest BCUT2D eigenvalue weighted by Crippen LogP contribution is -2.27. The van der Waals surface area contributed by atoms with Crippen molar-refractivity contribution >= 4 is 37.2 Å². The molecule has 1 aromatic heterocycles. The molecule has 1 rings (SSSR count). The van der Waals surface area contributed by atoms with E-state index in [-0.39, 0.29) is 12.3 Å². The zero-order valence-corrected chi connectivity index (χ0v) is 11.4.